The number of urea groups is 1. The van der Waals surface area contributed by atoms with Gasteiger partial charge < -0.3 is 0 Å². The van der Waals surface area contributed by atoms with E-state index in [1.807, 2.05) is 37.3 Å². The van der Waals surface area contributed by atoms with Gasteiger partial charge >= 0.3 is 6.03 Å². The molecular weight excluding hydrogens is 256 g/mol. The minimum atomic E-state index is -1.20. The Kier molecular flexibility index (Phi) is 3.61. The van der Waals surface area contributed by atoms with Gasteiger partial charge in [0.05, 0.1) is 0 Å². The van der Waals surface area contributed by atoms with Crippen LogP contribution in [0.25, 0.3) is 0 Å². The lowest BCUT2D eigenvalue weighted by Crippen LogP contribution is -2.62. The third-order valence-electron chi connectivity index (χ3n) is 3.64. The van der Waals surface area contributed by atoms with Crippen LogP contribution in [0.5, 0.6) is 0 Å². The summed E-state index contributed by atoms with van der Waals surface area (Å²) in [5.41, 5.74) is -0.160. The van der Waals surface area contributed by atoms with Crippen molar-refractivity contribution in [3.05, 3.63) is 35.9 Å². The summed E-state index contributed by atoms with van der Waals surface area (Å²) in [4.78, 5) is 36.9. The molecule has 1 atom stereocenters. The lowest BCUT2D eigenvalue weighted by atomic mass is 9.88. The molecule has 0 saturated carbocycles. The molecule has 0 spiro atoms. The van der Waals surface area contributed by atoms with Crippen molar-refractivity contribution in [3.8, 4) is 0 Å². The molecular formula is C15H18N2O3. The van der Waals surface area contributed by atoms with Crippen LogP contribution in [0.4, 0.5) is 4.79 Å². The van der Waals surface area contributed by atoms with E-state index in [1.54, 1.807) is 0 Å². The van der Waals surface area contributed by atoms with E-state index in [0.717, 1.165) is 10.5 Å². The van der Waals surface area contributed by atoms with Crippen molar-refractivity contribution in [1.29, 1.82) is 0 Å². The third-order valence-corrected chi connectivity index (χ3v) is 3.64. The normalized spacial score (nSPS) is 19.8. The summed E-state index contributed by atoms with van der Waals surface area (Å²) in [5.74, 6) is -0.986. The highest BCUT2D eigenvalue weighted by molar-refractivity contribution is 6.18. The maximum absolute atomic E-state index is 12.3. The fourth-order valence-corrected chi connectivity index (χ4v) is 2.17. The highest BCUT2D eigenvalue weighted by Gasteiger charge is 2.47. The van der Waals surface area contributed by atoms with Crippen LogP contribution in [0.1, 0.15) is 32.3 Å². The van der Waals surface area contributed by atoms with Gasteiger partial charge in [-0.25, -0.2) is 4.79 Å². The highest BCUT2D eigenvalue weighted by Crippen LogP contribution is 2.26. The molecule has 1 heterocycles. The van der Waals surface area contributed by atoms with Gasteiger partial charge in [0.2, 0.25) is 11.8 Å². The Morgan fingerprint density at radius 1 is 1.15 bits per heavy atom. The number of barbiturate groups is 1. The second kappa shape index (κ2) is 5.07. The summed E-state index contributed by atoms with van der Waals surface area (Å²) in [6.45, 7) is 5.25. The predicted octanol–water partition coefficient (Wildman–Crippen LogP) is 1.89. The van der Waals surface area contributed by atoms with E-state index in [0.29, 0.717) is 0 Å². The molecule has 5 nitrogen and oxygen atoms in total. The third kappa shape index (κ3) is 2.43. The SMILES string of the molecule is CC(CN1C(=O)NC(=O)C(C)(C)C1=O)c1ccccc1. The van der Waals surface area contributed by atoms with Crippen LogP contribution in [0.3, 0.4) is 0 Å². The van der Waals surface area contributed by atoms with Gasteiger partial charge in [0, 0.05) is 6.54 Å². The predicted molar refractivity (Wildman–Crippen MR) is 73.9 cm³/mol. The van der Waals surface area contributed by atoms with E-state index in [4.69, 9.17) is 0 Å². The van der Waals surface area contributed by atoms with Gasteiger partial charge in [-0.3, -0.25) is 19.8 Å². The number of carbonyl (C=O) groups is 3. The Balaban J connectivity index is 2.18. The fraction of sp³-hybridized carbons (Fsp3) is 0.400. The van der Waals surface area contributed by atoms with Crippen molar-refractivity contribution in [2.24, 2.45) is 5.41 Å². The molecule has 1 aliphatic heterocycles. The van der Waals surface area contributed by atoms with E-state index in [-0.39, 0.29) is 12.5 Å². The van der Waals surface area contributed by atoms with Crippen LogP contribution >= 0.6 is 0 Å². The molecule has 0 bridgehead atoms. The van der Waals surface area contributed by atoms with Crippen molar-refractivity contribution in [2.45, 2.75) is 26.7 Å². The second-order valence-electron chi connectivity index (χ2n) is 5.61. The first-order valence-corrected chi connectivity index (χ1v) is 6.56. The molecule has 5 heteroatoms. The Morgan fingerprint density at radius 2 is 1.75 bits per heavy atom. The molecule has 1 fully saturated rings. The molecule has 0 aliphatic carbocycles. The maximum atomic E-state index is 12.3. The number of hydrogen-bond acceptors (Lipinski definition) is 3. The summed E-state index contributed by atoms with van der Waals surface area (Å²) in [6, 6.07) is 9.01. The van der Waals surface area contributed by atoms with Crippen LogP contribution in [-0.2, 0) is 9.59 Å². The molecule has 106 valence electrons. The number of benzene rings is 1. The van der Waals surface area contributed by atoms with Gasteiger partial charge in [-0.05, 0) is 25.3 Å². The molecule has 20 heavy (non-hydrogen) atoms. The zero-order chi connectivity index (χ0) is 14.9. The van der Waals surface area contributed by atoms with E-state index in [1.165, 1.54) is 13.8 Å². The summed E-state index contributed by atoms with van der Waals surface area (Å²) in [5, 5.41) is 2.23. The standard InChI is InChI=1S/C15H18N2O3/c1-10(11-7-5-4-6-8-11)9-17-13(19)15(2,3)12(18)16-14(17)20/h4-8,10H,9H2,1-3H3,(H,16,18,20). The average Bonchev–Trinajstić information content (AvgIpc) is 2.43. The number of imide groups is 2. The number of rotatable bonds is 3. The quantitative estimate of drug-likeness (QED) is 0.856. The van der Waals surface area contributed by atoms with Crippen molar-refractivity contribution in [3.63, 3.8) is 0 Å². The van der Waals surface area contributed by atoms with Crippen molar-refractivity contribution in [2.75, 3.05) is 6.54 Å². The Morgan fingerprint density at radius 3 is 2.35 bits per heavy atom. The van der Waals surface area contributed by atoms with E-state index >= 15 is 0 Å². The summed E-state index contributed by atoms with van der Waals surface area (Å²) >= 11 is 0. The number of carbonyl (C=O) groups excluding carboxylic acids is 3. The molecule has 2 rings (SSSR count). The molecule has 1 unspecified atom stereocenters. The van der Waals surface area contributed by atoms with E-state index in [9.17, 15) is 14.4 Å². The summed E-state index contributed by atoms with van der Waals surface area (Å²) in [7, 11) is 0. The minimum absolute atomic E-state index is 0.00917. The molecule has 4 amide bonds. The molecule has 0 radical (unpaired) electrons. The van der Waals surface area contributed by atoms with Gasteiger partial charge in [0.1, 0.15) is 5.41 Å². The lowest BCUT2D eigenvalue weighted by molar-refractivity contribution is -0.149. The number of hydrogen-bond donors (Lipinski definition) is 1. The monoisotopic (exact) mass is 274 g/mol. The lowest BCUT2D eigenvalue weighted by Gasteiger charge is -2.35. The molecule has 1 saturated heterocycles. The Bertz CT molecular complexity index is 551. The summed E-state index contributed by atoms with van der Waals surface area (Å²) in [6.07, 6.45) is 0. The van der Waals surface area contributed by atoms with Crippen LogP contribution in [0.2, 0.25) is 0 Å². The van der Waals surface area contributed by atoms with Crippen LogP contribution in [0, 0.1) is 5.41 Å². The average molecular weight is 274 g/mol. The second-order valence-corrected chi connectivity index (χ2v) is 5.61. The van der Waals surface area contributed by atoms with E-state index < -0.39 is 23.3 Å². The van der Waals surface area contributed by atoms with Crippen molar-refractivity contribution < 1.29 is 14.4 Å². The first-order chi connectivity index (χ1) is 9.34. The van der Waals surface area contributed by atoms with Crippen LogP contribution in [-0.4, -0.2) is 29.3 Å². The highest BCUT2D eigenvalue weighted by atomic mass is 16.2. The zero-order valence-electron chi connectivity index (χ0n) is 11.8. The van der Waals surface area contributed by atoms with Crippen molar-refractivity contribution >= 4 is 17.8 Å². The Hall–Kier alpha value is -2.17. The molecule has 1 N–H and O–H groups in total. The smallest absolute Gasteiger partial charge is 0.277 e. The number of nitrogens with one attached hydrogen (secondary N) is 1. The topological polar surface area (TPSA) is 66.5 Å². The molecule has 1 aromatic carbocycles. The number of amides is 4. The summed E-state index contributed by atoms with van der Waals surface area (Å²) < 4.78 is 0. The molecule has 1 aromatic rings. The van der Waals surface area contributed by atoms with Crippen molar-refractivity contribution in [1.82, 2.24) is 10.2 Å². The number of nitrogens with zero attached hydrogens (tertiary/aromatic N) is 1. The van der Waals surface area contributed by atoms with Gasteiger partial charge in [0.25, 0.3) is 0 Å². The maximum Gasteiger partial charge on any atom is 0.330 e. The van der Waals surface area contributed by atoms with Gasteiger partial charge in [-0.2, -0.15) is 0 Å². The molecule has 0 aromatic heterocycles. The fourth-order valence-electron chi connectivity index (χ4n) is 2.17. The molecule has 1 aliphatic rings. The van der Waals surface area contributed by atoms with Gasteiger partial charge in [-0.15, -0.1) is 0 Å². The van der Waals surface area contributed by atoms with E-state index in [2.05, 4.69) is 5.32 Å². The minimum Gasteiger partial charge on any atom is -0.277 e. The van der Waals surface area contributed by atoms with Crippen LogP contribution in [0.15, 0.2) is 30.3 Å². The Labute approximate surface area is 118 Å². The first kappa shape index (κ1) is 14.2. The first-order valence-electron chi connectivity index (χ1n) is 6.56. The van der Waals surface area contributed by atoms with Crippen LogP contribution < -0.4 is 5.32 Å². The largest absolute Gasteiger partial charge is 0.330 e. The van der Waals surface area contributed by atoms with Gasteiger partial charge in [-0.1, -0.05) is 37.3 Å². The van der Waals surface area contributed by atoms with Gasteiger partial charge in [0.15, 0.2) is 0 Å². The zero-order valence-corrected chi connectivity index (χ0v) is 11.8.